The molecule has 2 nitrogen and oxygen atoms in total. The van der Waals surface area contributed by atoms with E-state index in [2.05, 4.69) is 46.9 Å². The second kappa shape index (κ2) is 6.49. The van der Waals surface area contributed by atoms with Gasteiger partial charge in [0, 0.05) is 18.7 Å². The van der Waals surface area contributed by atoms with Gasteiger partial charge in [-0.1, -0.05) is 41.5 Å². The van der Waals surface area contributed by atoms with Crippen LogP contribution >= 0.6 is 0 Å². The summed E-state index contributed by atoms with van der Waals surface area (Å²) in [6.07, 6.45) is 1.99. The van der Waals surface area contributed by atoms with E-state index >= 15 is 0 Å². The molecule has 0 fully saturated rings. The van der Waals surface area contributed by atoms with E-state index in [0.29, 0.717) is 18.0 Å². The molecule has 0 bridgehead atoms. The first-order valence-electron chi connectivity index (χ1n) is 6.19. The molecule has 0 saturated carbocycles. The van der Waals surface area contributed by atoms with Crippen molar-refractivity contribution in [1.29, 1.82) is 0 Å². The molecular weight excluding hydrogens is 186 g/mol. The van der Waals surface area contributed by atoms with Crippen molar-refractivity contribution in [3.8, 4) is 0 Å². The van der Waals surface area contributed by atoms with E-state index in [0.717, 1.165) is 12.8 Å². The molecule has 0 aromatic rings. The highest BCUT2D eigenvalue weighted by atomic mass is 16.3. The van der Waals surface area contributed by atoms with Crippen LogP contribution in [0.3, 0.4) is 0 Å². The Labute approximate surface area is 95.5 Å². The van der Waals surface area contributed by atoms with Crippen molar-refractivity contribution in [2.75, 3.05) is 6.61 Å². The lowest BCUT2D eigenvalue weighted by Gasteiger charge is -2.36. The molecule has 0 saturated heterocycles. The van der Waals surface area contributed by atoms with E-state index in [9.17, 15) is 0 Å². The van der Waals surface area contributed by atoms with Crippen LogP contribution in [0.1, 0.15) is 54.4 Å². The van der Waals surface area contributed by atoms with Crippen molar-refractivity contribution in [3.05, 3.63) is 0 Å². The number of hydrogen-bond donors (Lipinski definition) is 2. The summed E-state index contributed by atoms with van der Waals surface area (Å²) in [6, 6.07) is 0.954. The minimum Gasteiger partial charge on any atom is -0.396 e. The first-order chi connectivity index (χ1) is 6.82. The summed E-state index contributed by atoms with van der Waals surface area (Å²) >= 11 is 0. The van der Waals surface area contributed by atoms with Gasteiger partial charge in [0.15, 0.2) is 0 Å². The van der Waals surface area contributed by atoms with Gasteiger partial charge in [0.25, 0.3) is 0 Å². The van der Waals surface area contributed by atoms with E-state index in [4.69, 9.17) is 5.11 Å². The Bertz CT molecular complexity index is 160. The van der Waals surface area contributed by atoms with Crippen LogP contribution in [0, 0.1) is 11.3 Å². The number of aliphatic hydroxyl groups excluding tert-OH is 1. The van der Waals surface area contributed by atoms with Gasteiger partial charge in [-0.05, 0) is 24.2 Å². The second-order valence-corrected chi connectivity index (χ2v) is 5.86. The van der Waals surface area contributed by atoms with E-state index in [1.807, 2.05) is 0 Å². The third kappa shape index (κ3) is 5.53. The van der Waals surface area contributed by atoms with Crippen LogP contribution in [0.15, 0.2) is 0 Å². The average Bonchev–Trinajstić information content (AvgIpc) is 2.09. The Morgan fingerprint density at radius 3 is 2.00 bits per heavy atom. The van der Waals surface area contributed by atoms with Crippen LogP contribution in [0.4, 0.5) is 0 Å². The van der Waals surface area contributed by atoms with Gasteiger partial charge in [-0.2, -0.15) is 0 Å². The Morgan fingerprint density at radius 1 is 1.20 bits per heavy atom. The SMILES string of the molecule is CCC(NC(CCO)C(C)(C)C)C(C)C. The quantitative estimate of drug-likeness (QED) is 0.714. The van der Waals surface area contributed by atoms with Gasteiger partial charge in [-0.25, -0.2) is 0 Å². The predicted molar refractivity (Wildman–Crippen MR) is 67.0 cm³/mol. The minimum atomic E-state index is 0.213. The number of aliphatic hydroxyl groups is 1. The third-order valence-corrected chi connectivity index (χ3v) is 3.12. The fourth-order valence-electron chi connectivity index (χ4n) is 1.94. The molecule has 2 N–H and O–H groups in total. The highest BCUT2D eigenvalue weighted by Crippen LogP contribution is 2.23. The number of hydrogen-bond acceptors (Lipinski definition) is 2. The molecule has 0 aromatic carbocycles. The first kappa shape index (κ1) is 14.9. The Balaban J connectivity index is 4.38. The summed E-state index contributed by atoms with van der Waals surface area (Å²) < 4.78 is 0. The van der Waals surface area contributed by atoms with Crippen LogP contribution in [0.25, 0.3) is 0 Å². The van der Waals surface area contributed by atoms with Crippen molar-refractivity contribution in [1.82, 2.24) is 5.32 Å². The first-order valence-corrected chi connectivity index (χ1v) is 6.19. The monoisotopic (exact) mass is 215 g/mol. The molecule has 0 rings (SSSR count). The fraction of sp³-hybridized carbons (Fsp3) is 1.00. The van der Waals surface area contributed by atoms with Crippen molar-refractivity contribution in [3.63, 3.8) is 0 Å². The summed E-state index contributed by atoms with van der Waals surface area (Å²) in [7, 11) is 0. The maximum absolute atomic E-state index is 9.08. The maximum atomic E-state index is 9.08. The fourth-order valence-corrected chi connectivity index (χ4v) is 1.94. The van der Waals surface area contributed by atoms with E-state index < -0.39 is 0 Å². The van der Waals surface area contributed by atoms with Crippen LogP contribution in [0.5, 0.6) is 0 Å². The zero-order chi connectivity index (χ0) is 12.1. The summed E-state index contributed by atoms with van der Waals surface area (Å²) in [5.41, 5.74) is 0.213. The lowest BCUT2D eigenvalue weighted by molar-refractivity contribution is 0.173. The Morgan fingerprint density at radius 2 is 1.73 bits per heavy atom. The smallest absolute Gasteiger partial charge is 0.0446 e. The highest BCUT2D eigenvalue weighted by molar-refractivity contribution is 4.84. The molecule has 2 unspecified atom stereocenters. The average molecular weight is 215 g/mol. The standard InChI is InChI=1S/C13H29NO/c1-7-11(10(2)3)14-12(8-9-15)13(4,5)6/h10-12,14-15H,7-9H2,1-6H3. The third-order valence-electron chi connectivity index (χ3n) is 3.12. The molecule has 0 radical (unpaired) electrons. The second-order valence-electron chi connectivity index (χ2n) is 5.86. The van der Waals surface area contributed by atoms with Gasteiger partial charge in [-0.3, -0.25) is 0 Å². The molecular formula is C13H29NO. The molecule has 0 spiro atoms. The van der Waals surface area contributed by atoms with Crippen molar-refractivity contribution >= 4 is 0 Å². The van der Waals surface area contributed by atoms with E-state index in [1.54, 1.807) is 0 Å². The van der Waals surface area contributed by atoms with Gasteiger partial charge in [0.1, 0.15) is 0 Å². The van der Waals surface area contributed by atoms with Crippen LogP contribution in [-0.2, 0) is 0 Å². The molecule has 15 heavy (non-hydrogen) atoms. The summed E-state index contributed by atoms with van der Waals surface area (Å²) in [5.74, 6) is 0.651. The number of nitrogens with one attached hydrogen (secondary N) is 1. The lowest BCUT2D eigenvalue weighted by atomic mass is 9.83. The summed E-state index contributed by atoms with van der Waals surface area (Å²) in [4.78, 5) is 0. The molecule has 2 heteroatoms. The summed E-state index contributed by atoms with van der Waals surface area (Å²) in [5, 5.41) is 12.8. The maximum Gasteiger partial charge on any atom is 0.0446 e. The summed E-state index contributed by atoms with van der Waals surface area (Å²) in [6.45, 7) is 13.7. The Hall–Kier alpha value is -0.0800. The zero-order valence-electron chi connectivity index (χ0n) is 11.3. The number of rotatable bonds is 6. The molecule has 0 aliphatic carbocycles. The molecule has 92 valence electrons. The molecule has 0 amide bonds. The topological polar surface area (TPSA) is 32.3 Å². The van der Waals surface area contributed by atoms with Crippen LogP contribution in [0.2, 0.25) is 0 Å². The van der Waals surface area contributed by atoms with Crippen molar-refractivity contribution in [2.45, 2.75) is 66.5 Å². The molecule has 0 heterocycles. The molecule has 0 aromatic heterocycles. The van der Waals surface area contributed by atoms with Gasteiger partial charge < -0.3 is 10.4 Å². The van der Waals surface area contributed by atoms with Crippen molar-refractivity contribution < 1.29 is 5.11 Å². The van der Waals surface area contributed by atoms with E-state index in [1.165, 1.54) is 0 Å². The molecule has 0 aliphatic heterocycles. The largest absolute Gasteiger partial charge is 0.396 e. The highest BCUT2D eigenvalue weighted by Gasteiger charge is 2.26. The lowest BCUT2D eigenvalue weighted by Crippen LogP contribution is -2.48. The van der Waals surface area contributed by atoms with Gasteiger partial charge in [0.2, 0.25) is 0 Å². The Kier molecular flexibility index (Phi) is 6.46. The molecule has 0 aliphatic rings. The molecule has 2 atom stereocenters. The van der Waals surface area contributed by atoms with Gasteiger partial charge in [0.05, 0.1) is 0 Å². The predicted octanol–water partition coefficient (Wildman–Crippen LogP) is 2.81. The van der Waals surface area contributed by atoms with Crippen LogP contribution in [-0.4, -0.2) is 23.8 Å². The van der Waals surface area contributed by atoms with E-state index in [-0.39, 0.29) is 12.0 Å². The normalized spacial score (nSPS) is 16.8. The zero-order valence-corrected chi connectivity index (χ0v) is 11.3. The van der Waals surface area contributed by atoms with Gasteiger partial charge >= 0.3 is 0 Å². The van der Waals surface area contributed by atoms with Crippen LogP contribution < -0.4 is 5.32 Å². The van der Waals surface area contributed by atoms with Gasteiger partial charge in [-0.15, -0.1) is 0 Å². The minimum absolute atomic E-state index is 0.213. The van der Waals surface area contributed by atoms with Crippen molar-refractivity contribution in [2.24, 2.45) is 11.3 Å².